The SMILES string of the molecule is C=Cc1ccc(Oc2ccc(C3(c4ccc(C(C)(C)C)cc4)c4ccccc4-c4ccc(N(c5ccccc5)c5ccc6c(c5)C(C)(C)c5ccccc5-6)cc43)cc2)cc1. The Morgan fingerprint density at radius 3 is 1.55 bits per heavy atom. The van der Waals surface area contributed by atoms with Gasteiger partial charge in [0, 0.05) is 22.5 Å². The fourth-order valence-corrected chi connectivity index (χ4v) is 9.85. The van der Waals surface area contributed by atoms with Crippen LogP contribution in [0.3, 0.4) is 0 Å². The molecule has 10 rings (SSSR count). The molecule has 0 spiro atoms. The number of rotatable bonds is 8. The zero-order valence-electron chi connectivity index (χ0n) is 35.0. The summed E-state index contributed by atoms with van der Waals surface area (Å²) in [6.07, 6.45) is 1.85. The second-order valence-corrected chi connectivity index (χ2v) is 17.8. The molecule has 0 radical (unpaired) electrons. The molecule has 8 aromatic rings. The first-order valence-electron chi connectivity index (χ1n) is 21.0. The van der Waals surface area contributed by atoms with Crippen molar-refractivity contribution in [2.24, 2.45) is 0 Å². The van der Waals surface area contributed by atoms with Crippen LogP contribution in [0, 0.1) is 0 Å². The van der Waals surface area contributed by atoms with Crippen molar-refractivity contribution in [2.75, 3.05) is 4.90 Å². The predicted octanol–water partition coefficient (Wildman–Crippen LogP) is 15.6. The second kappa shape index (κ2) is 14.1. The second-order valence-electron chi connectivity index (χ2n) is 17.8. The molecular weight excluding hydrogens is 727 g/mol. The topological polar surface area (TPSA) is 12.5 Å². The summed E-state index contributed by atoms with van der Waals surface area (Å²) in [4.78, 5) is 2.44. The first-order chi connectivity index (χ1) is 29.1. The first kappa shape index (κ1) is 37.4. The molecule has 2 heteroatoms. The smallest absolute Gasteiger partial charge is 0.127 e. The minimum absolute atomic E-state index is 0.0230. The molecule has 2 nitrogen and oxygen atoms in total. The summed E-state index contributed by atoms with van der Waals surface area (Å²) in [6, 6.07) is 69.0. The molecule has 0 heterocycles. The summed E-state index contributed by atoms with van der Waals surface area (Å²) in [5.74, 6) is 1.59. The Hall–Kier alpha value is -6.90. The maximum Gasteiger partial charge on any atom is 0.127 e. The van der Waals surface area contributed by atoms with Crippen LogP contribution in [0.15, 0.2) is 195 Å². The van der Waals surface area contributed by atoms with E-state index in [-0.39, 0.29) is 10.8 Å². The Morgan fingerprint density at radius 2 is 0.950 bits per heavy atom. The highest BCUT2D eigenvalue weighted by molar-refractivity contribution is 5.90. The number of ether oxygens (including phenoxy) is 1. The van der Waals surface area contributed by atoms with Gasteiger partial charge in [-0.3, -0.25) is 0 Å². The van der Waals surface area contributed by atoms with Gasteiger partial charge in [-0.05, 0) is 133 Å². The van der Waals surface area contributed by atoms with E-state index >= 15 is 0 Å². The summed E-state index contributed by atoms with van der Waals surface area (Å²) in [6.45, 7) is 15.5. The fraction of sp³-hybridized carbons (Fsp3) is 0.138. The standard InChI is InChI=1S/C58H49NO/c1-7-39-21-31-46(32-22-39)60-47-33-27-42(28-34-47)58(41-25-23-40(24-26-41)56(2,3)4)53-20-14-12-18-49(53)51-36-30-45(38-55(51)58)59(43-15-9-8-10-16-43)44-29-35-50-48-17-11-13-19-52(48)57(5,6)54(50)37-44/h7-38H,1H2,2-6H3. The number of nitrogens with zero attached hydrogens (tertiary/aromatic N) is 1. The minimum atomic E-state index is -0.605. The third-order valence-electron chi connectivity index (χ3n) is 12.9. The number of anilines is 3. The summed E-state index contributed by atoms with van der Waals surface area (Å²) >= 11 is 0. The van der Waals surface area contributed by atoms with Crippen molar-refractivity contribution < 1.29 is 4.74 Å². The average molecular weight is 776 g/mol. The van der Waals surface area contributed by atoms with Gasteiger partial charge in [0.25, 0.3) is 0 Å². The van der Waals surface area contributed by atoms with Gasteiger partial charge in [0.15, 0.2) is 0 Å². The van der Waals surface area contributed by atoms with Crippen molar-refractivity contribution in [1.29, 1.82) is 0 Å². The molecule has 1 atom stereocenters. The lowest BCUT2D eigenvalue weighted by Gasteiger charge is -2.35. The van der Waals surface area contributed by atoms with Gasteiger partial charge in [0.1, 0.15) is 11.5 Å². The zero-order chi connectivity index (χ0) is 41.2. The molecule has 0 bridgehead atoms. The van der Waals surface area contributed by atoms with E-state index in [1.807, 2.05) is 30.3 Å². The van der Waals surface area contributed by atoms with E-state index in [1.54, 1.807) is 0 Å². The summed E-state index contributed by atoms with van der Waals surface area (Å²) in [5, 5.41) is 0. The van der Waals surface area contributed by atoms with Gasteiger partial charge in [0.2, 0.25) is 0 Å². The monoisotopic (exact) mass is 775 g/mol. The lowest BCUT2D eigenvalue weighted by Crippen LogP contribution is -2.29. The van der Waals surface area contributed by atoms with Crippen molar-refractivity contribution in [3.8, 4) is 33.8 Å². The number of hydrogen-bond donors (Lipinski definition) is 0. The molecule has 8 aromatic carbocycles. The molecular formula is C58H49NO. The quantitative estimate of drug-likeness (QED) is 0.152. The van der Waals surface area contributed by atoms with Crippen LogP contribution in [0.4, 0.5) is 17.1 Å². The molecule has 0 amide bonds. The molecule has 0 aliphatic heterocycles. The zero-order valence-corrected chi connectivity index (χ0v) is 35.0. The lowest BCUT2D eigenvalue weighted by atomic mass is 9.67. The van der Waals surface area contributed by atoms with E-state index < -0.39 is 5.41 Å². The van der Waals surface area contributed by atoms with Crippen molar-refractivity contribution in [3.63, 3.8) is 0 Å². The van der Waals surface area contributed by atoms with E-state index in [9.17, 15) is 0 Å². The molecule has 0 aromatic heterocycles. The third-order valence-corrected chi connectivity index (χ3v) is 12.9. The maximum absolute atomic E-state index is 6.40. The Balaban J connectivity index is 1.17. The largest absolute Gasteiger partial charge is 0.457 e. The van der Waals surface area contributed by atoms with Crippen molar-refractivity contribution in [2.45, 2.75) is 50.9 Å². The van der Waals surface area contributed by atoms with Crippen LogP contribution in [0.1, 0.15) is 79.1 Å². The van der Waals surface area contributed by atoms with E-state index in [0.717, 1.165) is 34.1 Å². The molecule has 0 N–H and O–H groups in total. The van der Waals surface area contributed by atoms with E-state index in [0.29, 0.717) is 0 Å². The van der Waals surface area contributed by atoms with Gasteiger partial charge in [0.05, 0.1) is 5.41 Å². The Labute approximate surface area is 355 Å². The highest BCUT2D eigenvalue weighted by Gasteiger charge is 2.46. The van der Waals surface area contributed by atoms with Gasteiger partial charge >= 0.3 is 0 Å². The van der Waals surface area contributed by atoms with E-state index in [2.05, 4.69) is 210 Å². The predicted molar refractivity (Wildman–Crippen MR) is 251 cm³/mol. The summed E-state index contributed by atoms with van der Waals surface area (Å²) in [7, 11) is 0. The van der Waals surface area contributed by atoms with Gasteiger partial charge in [-0.25, -0.2) is 0 Å². The Morgan fingerprint density at radius 1 is 0.467 bits per heavy atom. The molecule has 0 fully saturated rings. The number of hydrogen-bond acceptors (Lipinski definition) is 2. The molecule has 2 aliphatic carbocycles. The first-order valence-corrected chi connectivity index (χ1v) is 21.0. The molecule has 292 valence electrons. The summed E-state index contributed by atoms with van der Waals surface area (Å²) in [5.41, 5.74) is 17.9. The van der Waals surface area contributed by atoms with Crippen LogP contribution in [0.25, 0.3) is 28.3 Å². The molecule has 2 aliphatic rings. The lowest BCUT2D eigenvalue weighted by molar-refractivity contribution is 0.482. The molecule has 1 unspecified atom stereocenters. The molecule has 0 saturated carbocycles. The Bertz CT molecular complexity index is 2900. The number of fused-ring (bicyclic) bond motifs is 6. The number of benzene rings is 8. The van der Waals surface area contributed by atoms with Crippen LogP contribution in [0.2, 0.25) is 0 Å². The fourth-order valence-electron chi connectivity index (χ4n) is 9.85. The van der Waals surface area contributed by atoms with Crippen LogP contribution < -0.4 is 9.64 Å². The van der Waals surface area contributed by atoms with E-state index in [1.165, 1.54) is 61.2 Å². The van der Waals surface area contributed by atoms with Gasteiger partial charge in [-0.2, -0.15) is 0 Å². The van der Waals surface area contributed by atoms with Crippen molar-refractivity contribution in [3.05, 3.63) is 239 Å². The maximum atomic E-state index is 6.40. The number of para-hydroxylation sites is 1. The highest BCUT2D eigenvalue weighted by atomic mass is 16.5. The van der Waals surface area contributed by atoms with Gasteiger partial charge in [-0.15, -0.1) is 0 Å². The van der Waals surface area contributed by atoms with Crippen molar-refractivity contribution in [1.82, 2.24) is 0 Å². The Kier molecular flexibility index (Phi) is 8.81. The van der Waals surface area contributed by atoms with Crippen LogP contribution in [-0.2, 0) is 16.2 Å². The molecule has 60 heavy (non-hydrogen) atoms. The van der Waals surface area contributed by atoms with Gasteiger partial charge in [-0.1, -0.05) is 175 Å². The molecule has 0 saturated heterocycles. The van der Waals surface area contributed by atoms with Crippen molar-refractivity contribution >= 4 is 23.1 Å². The third kappa shape index (κ3) is 5.93. The van der Waals surface area contributed by atoms with Crippen LogP contribution >= 0.6 is 0 Å². The van der Waals surface area contributed by atoms with E-state index in [4.69, 9.17) is 4.74 Å². The highest BCUT2D eigenvalue weighted by Crippen LogP contribution is 2.58. The average Bonchev–Trinajstić information content (AvgIpc) is 3.69. The summed E-state index contributed by atoms with van der Waals surface area (Å²) < 4.78 is 6.40. The normalized spacial score (nSPS) is 15.7. The minimum Gasteiger partial charge on any atom is -0.457 e. The van der Waals surface area contributed by atoms with Crippen LogP contribution in [0.5, 0.6) is 11.5 Å². The van der Waals surface area contributed by atoms with Crippen LogP contribution in [-0.4, -0.2) is 0 Å². The van der Waals surface area contributed by atoms with Gasteiger partial charge < -0.3 is 9.64 Å².